The Bertz CT molecular complexity index is 2170. The maximum absolute atomic E-state index is 14.9. The molecule has 2 aliphatic carbocycles. The number of hydrogen-bond donors (Lipinski definition) is 1. The smallest absolute Gasteiger partial charge is 0.265 e. The molecule has 17 heteroatoms. The largest absolute Gasteiger partial charge is 0.755 e. The van der Waals surface area contributed by atoms with Crippen LogP contribution >= 0.6 is 0 Å². The van der Waals surface area contributed by atoms with Gasteiger partial charge in [0.1, 0.15) is 29.2 Å². The third kappa shape index (κ3) is 8.81. The fourth-order valence-electron chi connectivity index (χ4n) is 8.23. The van der Waals surface area contributed by atoms with Gasteiger partial charge in [-0.25, -0.2) is 13.8 Å². The molecule has 2 unspecified atom stereocenters. The molecule has 316 valence electrons. The maximum atomic E-state index is 14.9. The summed E-state index contributed by atoms with van der Waals surface area (Å²) in [5.41, 5.74) is -0.837. The first-order valence-electron chi connectivity index (χ1n) is 19.8. The normalized spacial score (nSPS) is 24.8. The van der Waals surface area contributed by atoms with Crippen molar-refractivity contribution in [3.05, 3.63) is 61.3 Å². The van der Waals surface area contributed by atoms with E-state index in [1.54, 1.807) is 63.4 Å². The predicted octanol–water partition coefficient (Wildman–Crippen LogP) is 4.81. The van der Waals surface area contributed by atoms with Crippen LogP contribution < -0.4 is 14.8 Å². The molecule has 14 nitrogen and oxygen atoms in total. The second-order valence-electron chi connectivity index (χ2n) is 17.1. The molecule has 4 heterocycles. The minimum absolute atomic E-state index is 0.0392. The molecule has 0 bridgehead atoms. The van der Waals surface area contributed by atoms with Crippen molar-refractivity contribution in [2.45, 2.75) is 95.4 Å². The Labute approximate surface area is 344 Å². The molecular weight excluding hydrogens is 787 g/mol. The maximum Gasteiger partial charge on any atom is 0.265 e. The lowest BCUT2D eigenvalue weighted by atomic mass is 9.77. The number of nitrogens with one attached hydrogen (secondary N) is 1. The Balaban J connectivity index is 1.22. The summed E-state index contributed by atoms with van der Waals surface area (Å²) in [6.07, 6.45) is 2.86. The first-order chi connectivity index (χ1) is 27.9. The molecule has 2 saturated heterocycles. The van der Waals surface area contributed by atoms with Crippen LogP contribution in [0.2, 0.25) is 0 Å². The number of piperidine rings is 1. The van der Waals surface area contributed by atoms with Gasteiger partial charge in [0.05, 0.1) is 54.3 Å². The highest BCUT2D eigenvalue weighted by atomic mass is 32.2. The Morgan fingerprint density at radius 3 is 2.53 bits per heavy atom. The zero-order chi connectivity index (χ0) is 42.4. The molecule has 59 heavy (non-hydrogen) atoms. The van der Waals surface area contributed by atoms with Crippen molar-refractivity contribution in [2.75, 3.05) is 26.7 Å². The van der Waals surface area contributed by atoms with E-state index in [1.165, 1.54) is 18.1 Å². The van der Waals surface area contributed by atoms with E-state index in [9.17, 15) is 36.7 Å². The molecule has 0 spiro atoms. The van der Waals surface area contributed by atoms with Crippen LogP contribution in [-0.4, -0.2) is 113 Å². The van der Waals surface area contributed by atoms with Gasteiger partial charge < -0.3 is 29.1 Å². The molecule has 7 rings (SSSR count). The van der Waals surface area contributed by atoms with Crippen LogP contribution in [0.5, 0.6) is 11.5 Å². The summed E-state index contributed by atoms with van der Waals surface area (Å²) in [6, 6.07) is 10.7. The van der Waals surface area contributed by atoms with Crippen LogP contribution in [0.25, 0.3) is 22.3 Å². The SMILES string of the molecule is C=CC1C[C@]1(NC(=O)[C@@H]1C[C@@H](Oc2cc(-c3ccccn3)nc3cc(OC)ccc23)CN1C(=O)[C@@H](CC(=O)N1CCCC(F)(F)C1)C(C)(C)C)C(=O)N(C1CC1)S(=O)[O-]. The Morgan fingerprint density at radius 2 is 1.92 bits per heavy atom. The van der Waals surface area contributed by atoms with Gasteiger partial charge in [-0.1, -0.05) is 32.9 Å². The van der Waals surface area contributed by atoms with Gasteiger partial charge in [0.15, 0.2) is 0 Å². The highest BCUT2D eigenvalue weighted by Crippen LogP contribution is 2.48. The highest BCUT2D eigenvalue weighted by Gasteiger charge is 2.63. The summed E-state index contributed by atoms with van der Waals surface area (Å²) in [5.74, 6) is -6.31. The van der Waals surface area contributed by atoms with E-state index in [0.29, 0.717) is 46.6 Å². The van der Waals surface area contributed by atoms with E-state index in [-0.39, 0.29) is 45.2 Å². The lowest BCUT2D eigenvalue weighted by molar-refractivity contribution is -0.151. The fraction of sp³-hybridized carbons (Fsp3) is 0.524. The van der Waals surface area contributed by atoms with E-state index in [4.69, 9.17) is 14.5 Å². The molecule has 1 aromatic carbocycles. The van der Waals surface area contributed by atoms with Crippen molar-refractivity contribution in [1.29, 1.82) is 0 Å². The number of ether oxygens (including phenoxy) is 2. The topological polar surface area (TPSA) is 174 Å². The van der Waals surface area contributed by atoms with Crippen molar-refractivity contribution >= 4 is 45.8 Å². The number of rotatable bonds is 13. The Kier molecular flexibility index (Phi) is 11.6. The average molecular weight is 836 g/mol. The standard InChI is InChI=1S/C42H50F2N6O8S/c1-6-25-22-42(25,39(54)50(59(55)56)26-11-12-26)47-37(52)34-19-28(23-49(34)38(53)30(40(2,3)4)20-36(51)48-17-9-15-41(43,44)24-48)58-35-21-33(31-10-7-8-16-45-31)46-32-18-27(57-5)13-14-29(32)35/h6-8,10,13-14,16,18,21,25-26,28,30,34H,1,9,11-12,15,17,19-20,22-24H2,2-5H3,(H,47,52)(H,55,56)/p-1/t25?,28-,30-,34+,42-/m1/s1. The molecule has 2 aromatic heterocycles. The number of carbonyl (C=O) groups excluding carboxylic acids is 4. The zero-order valence-corrected chi connectivity index (χ0v) is 34.3. The summed E-state index contributed by atoms with van der Waals surface area (Å²) >= 11 is -2.88. The minimum atomic E-state index is -3.04. The van der Waals surface area contributed by atoms with E-state index >= 15 is 0 Å². The lowest BCUT2D eigenvalue weighted by Gasteiger charge is -2.37. The van der Waals surface area contributed by atoms with E-state index in [2.05, 4.69) is 16.9 Å². The van der Waals surface area contributed by atoms with Gasteiger partial charge in [-0.2, -0.15) is 0 Å². The van der Waals surface area contributed by atoms with Gasteiger partial charge in [-0.05, 0) is 55.4 Å². The van der Waals surface area contributed by atoms with Crippen LogP contribution in [0, 0.1) is 17.3 Å². The number of fused-ring (bicyclic) bond motifs is 1. The van der Waals surface area contributed by atoms with Gasteiger partial charge in [0.25, 0.3) is 11.8 Å². The number of halogens is 2. The van der Waals surface area contributed by atoms with Crippen molar-refractivity contribution in [2.24, 2.45) is 17.3 Å². The number of hydrogen-bond acceptors (Lipinski definition) is 10. The Morgan fingerprint density at radius 1 is 1.15 bits per heavy atom. The highest BCUT2D eigenvalue weighted by molar-refractivity contribution is 7.77. The van der Waals surface area contributed by atoms with Crippen LogP contribution in [0.15, 0.2) is 61.3 Å². The van der Waals surface area contributed by atoms with Gasteiger partial charge in [-0.15, -0.1) is 6.58 Å². The number of amides is 4. The number of likely N-dealkylation sites (tertiary alicyclic amines) is 2. The number of benzene rings is 1. The Hall–Kier alpha value is -5.03. The average Bonchev–Trinajstić information content (AvgIpc) is 4.12. The number of methoxy groups -OCH3 is 1. The van der Waals surface area contributed by atoms with E-state index in [1.807, 2.05) is 6.07 Å². The number of nitrogens with zero attached hydrogens (tertiary/aromatic N) is 5. The molecule has 3 aromatic rings. The van der Waals surface area contributed by atoms with Crippen LogP contribution in [0.4, 0.5) is 8.78 Å². The van der Waals surface area contributed by atoms with Crippen molar-refractivity contribution in [3.8, 4) is 22.9 Å². The molecule has 2 saturated carbocycles. The van der Waals surface area contributed by atoms with Crippen LogP contribution in [0.1, 0.15) is 65.7 Å². The summed E-state index contributed by atoms with van der Waals surface area (Å²) in [5, 5.41) is 3.45. The second-order valence-corrected chi connectivity index (χ2v) is 17.9. The second kappa shape index (κ2) is 16.2. The zero-order valence-electron chi connectivity index (χ0n) is 33.5. The molecule has 4 aliphatic rings. The molecule has 1 N–H and O–H groups in total. The lowest BCUT2D eigenvalue weighted by Crippen LogP contribution is -2.58. The molecular formula is C42H49F2N6O8S-. The monoisotopic (exact) mass is 835 g/mol. The van der Waals surface area contributed by atoms with Crippen molar-refractivity contribution in [3.63, 3.8) is 0 Å². The minimum Gasteiger partial charge on any atom is -0.755 e. The van der Waals surface area contributed by atoms with Gasteiger partial charge in [0.2, 0.25) is 17.7 Å². The summed E-state index contributed by atoms with van der Waals surface area (Å²) in [7, 11) is 1.54. The van der Waals surface area contributed by atoms with Crippen molar-refractivity contribution < 1.29 is 46.2 Å². The van der Waals surface area contributed by atoms with Gasteiger partial charge >= 0.3 is 0 Å². The van der Waals surface area contributed by atoms with Gasteiger partial charge in [-0.3, -0.25) is 32.7 Å². The number of pyridine rings is 2. The summed E-state index contributed by atoms with van der Waals surface area (Å²) in [4.78, 5) is 68.7. The predicted molar refractivity (Wildman–Crippen MR) is 212 cm³/mol. The summed E-state index contributed by atoms with van der Waals surface area (Å²) < 4.78 is 66.2. The molecule has 0 radical (unpaired) electrons. The first-order valence-corrected chi connectivity index (χ1v) is 20.9. The third-order valence-electron chi connectivity index (χ3n) is 11.8. The number of aromatic nitrogens is 2. The van der Waals surface area contributed by atoms with E-state index < -0.39 is 88.3 Å². The first kappa shape index (κ1) is 42.1. The number of carbonyl (C=O) groups is 4. The fourth-order valence-corrected chi connectivity index (χ4v) is 8.98. The number of alkyl halides is 2. The van der Waals surface area contributed by atoms with E-state index in [0.717, 1.165) is 9.21 Å². The summed E-state index contributed by atoms with van der Waals surface area (Å²) in [6.45, 7) is 8.41. The van der Waals surface area contributed by atoms with Crippen LogP contribution in [0.3, 0.4) is 0 Å². The quantitative estimate of drug-likeness (QED) is 0.186. The molecule has 4 amide bonds. The molecule has 6 atom stereocenters. The van der Waals surface area contributed by atoms with Crippen molar-refractivity contribution in [1.82, 2.24) is 29.4 Å². The van der Waals surface area contributed by atoms with Gasteiger partial charge in [0, 0.05) is 61.5 Å². The molecule has 2 aliphatic heterocycles. The molecule has 4 fully saturated rings. The third-order valence-corrected chi connectivity index (χ3v) is 12.6. The van der Waals surface area contributed by atoms with Crippen LogP contribution in [-0.2, 0) is 30.4 Å².